The first-order valence-electron chi connectivity index (χ1n) is 13.6. The van der Waals surface area contributed by atoms with Gasteiger partial charge in [-0.3, -0.25) is 14.5 Å². The van der Waals surface area contributed by atoms with Gasteiger partial charge < -0.3 is 15.5 Å². The van der Waals surface area contributed by atoms with E-state index in [1.807, 2.05) is 41.4 Å². The zero-order valence-electron chi connectivity index (χ0n) is 22.3. The van der Waals surface area contributed by atoms with Crippen LogP contribution in [0.5, 0.6) is 0 Å². The summed E-state index contributed by atoms with van der Waals surface area (Å²) in [5.41, 5.74) is 5.55. The van der Waals surface area contributed by atoms with Crippen molar-refractivity contribution in [2.75, 3.05) is 31.5 Å². The van der Waals surface area contributed by atoms with Gasteiger partial charge in [0.15, 0.2) is 5.65 Å². The van der Waals surface area contributed by atoms with Crippen LogP contribution in [0.25, 0.3) is 16.8 Å². The minimum atomic E-state index is -0.0319. The third kappa shape index (κ3) is 5.49. The summed E-state index contributed by atoms with van der Waals surface area (Å²) in [7, 11) is 0. The second kappa shape index (κ2) is 10.5. The molecule has 2 fully saturated rings. The van der Waals surface area contributed by atoms with Crippen LogP contribution in [0.4, 0.5) is 11.6 Å². The number of hydrogen-bond acceptors (Lipinski definition) is 6. The van der Waals surface area contributed by atoms with E-state index in [9.17, 15) is 9.59 Å². The van der Waals surface area contributed by atoms with Crippen LogP contribution in [0.3, 0.4) is 0 Å². The fraction of sp³-hybridized carbons (Fsp3) is 0.333. The molecule has 1 unspecified atom stereocenters. The molecule has 2 aliphatic rings. The Hall–Kier alpha value is -4.24. The van der Waals surface area contributed by atoms with Crippen molar-refractivity contribution in [1.29, 1.82) is 0 Å². The first kappa shape index (κ1) is 25.1. The average molecular weight is 524 g/mol. The summed E-state index contributed by atoms with van der Waals surface area (Å²) in [6.45, 7) is 7.19. The molecule has 1 aliphatic carbocycles. The minimum Gasteiger partial charge on any atom is -0.349 e. The average Bonchev–Trinajstić information content (AvgIpc) is 3.68. The van der Waals surface area contributed by atoms with Crippen LogP contribution in [-0.4, -0.2) is 68.4 Å². The van der Waals surface area contributed by atoms with E-state index in [1.54, 1.807) is 11.4 Å². The standard InChI is InChI=1S/C30H33N7O2/c1-20(35-16-18-36(19-17-35)21(2)38)22-5-7-23(8-6-22)27-4-3-15-37-28(27)33-30(34-37)32-26-11-9-24(10-12-26)29(39)31-25-13-14-25/h3-12,15,20,25H,13-14,16-19H2,1-2H3,(H,31,39)(H,32,34). The van der Waals surface area contributed by atoms with Gasteiger partial charge >= 0.3 is 0 Å². The van der Waals surface area contributed by atoms with Crippen molar-refractivity contribution >= 4 is 29.1 Å². The normalized spacial score (nSPS) is 16.7. The summed E-state index contributed by atoms with van der Waals surface area (Å²) in [4.78, 5) is 33.0. The quantitative estimate of drug-likeness (QED) is 0.376. The van der Waals surface area contributed by atoms with E-state index in [1.165, 1.54) is 5.56 Å². The molecule has 0 spiro atoms. The Morgan fingerprint density at radius 1 is 0.949 bits per heavy atom. The highest BCUT2D eigenvalue weighted by atomic mass is 16.2. The number of nitrogens with zero attached hydrogens (tertiary/aromatic N) is 5. The van der Waals surface area contributed by atoms with E-state index in [2.05, 4.69) is 57.9 Å². The molecule has 6 rings (SSSR count). The zero-order chi connectivity index (χ0) is 26.9. The molecular formula is C30H33N7O2. The van der Waals surface area contributed by atoms with Crippen molar-refractivity contribution < 1.29 is 9.59 Å². The number of carbonyl (C=O) groups excluding carboxylic acids is 2. The number of benzene rings is 2. The second-order valence-electron chi connectivity index (χ2n) is 10.4. The van der Waals surface area contributed by atoms with Gasteiger partial charge in [0.2, 0.25) is 11.9 Å². The fourth-order valence-corrected chi connectivity index (χ4v) is 5.09. The van der Waals surface area contributed by atoms with Crippen molar-refractivity contribution in [2.24, 2.45) is 0 Å². The molecular weight excluding hydrogens is 490 g/mol. The predicted molar refractivity (Wildman–Crippen MR) is 151 cm³/mol. The summed E-state index contributed by atoms with van der Waals surface area (Å²) in [6, 6.07) is 20.6. The van der Waals surface area contributed by atoms with Crippen LogP contribution in [-0.2, 0) is 4.79 Å². The molecule has 1 atom stereocenters. The molecule has 1 aliphatic heterocycles. The Bertz CT molecular complexity index is 1480. The lowest BCUT2D eigenvalue weighted by molar-refractivity contribution is -0.130. The number of pyridine rings is 1. The van der Waals surface area contributed by atoms with Crippen molar-refractivity contribution in [2.45, 2.75) is 38.8 Å². The number of nitrogens with one attached hydrogen (secondary N) is 2. The number of aromatic nitrogens is 3. The van der Waals surface area contributed by atoms with Crippen LogP contribution in [0.15, 0.2) is 66.9 Å². The number of fused-ring (bicyclic) bond motifs is 1. The van der Waals surface area contributed by atoms with Gasteiger partial charge in [0, 0.05) is 68.2 Å². The number of hydrogen-bond donors (Lipinski definition) is 2. The van der Waals surface area contributed by atoms with E-state index >= 15 is 0 Å². The maximum Gasteiger partial charge on any atom is 0.251 e. The minimum absolute atomic E-state index is 0.0319. The lowest BCUT2D eigenvalue weighted by Gasteiger charge is -2.37. The summed E-state index contributed by atoms with van der Waals surface area (Å²) < 4.78 is 1.78. The van der Waals surface area contributed by atoms with Gasteiger partial charge in [-0.1, -0.05) is 24.3 Å². The summed E-state index contributed by atoms with van der Waals surface area (Å²) in [6.07, 6.45) is 4.02. The Kier molecular flexibility index (Phi) is 6.74. The van der Waals surface area contributed by atoms with E-state index in [0.717, 1.165) is 61.5 Å². The molecule has 2 N–H and O–H groups in total. The maximum absolute atomic E-state index is 12.3. The van der Waals surface area contributed by atoms with Crippen LogP contribution in [0.2, 0.25) is 0 Å². The monoisotopic (exact) mass is 523 g/mol. The molecule has 200 valence electrons. The largest absolute Gasteiger partial charge is 0.349 e. The van der Waals surface area contributed by atoms with Gasteiger partial charge in [-0.25, -0.2) is 4.52 Å². The van der Waals surface area contributed by atoms with Gasteiger partial charge in [0.25, 0.3) is 5.91 Å². The SMILES string of the molecule is CC(=O)N1CCN(C(C)c2ccc(-c3cccn4nc(Nc5ccc(C(=O)NC6CC6)cc5)nc34)cc2)CC1. The summed E-state index contributed by atoms with van der Waals surface area (Å²) >= 11 is 0. The van der Waals surface area contributed by atoms with E-state index in [4.69, 9.17) is 4.98 Å². The predicted octanol–water partition coefficient (Wildman–Crippen LogP) is 4.26. The highest BCUT2D eigenvalue weighted by Crippen LogP contribution is 2.28. The van der Waals surface area contributed by atoms with E-state index < -0.39 is 0 Å². The Labute approximate surface area is 227 Å². The summed E-state index contributed by atoms with van der Waals surface area (Å²) in [5, 5.41) is 10.9. The maximum atomic E-state index is 12.3. The van der Waals surface area contributed by atoms with Gasteiger partial charge in [-0.05, 0) is 67.3 Å². The highest BCUT2D eigenvalue weighted by Gasteiger charge is 2.24. The molecule has 2 aromatic carbocycles. The number of carbonyl (C=O) groups is 2. The Balaban J connectivity index is 1.15. The van der Waals surface area contributed by atoms with Crippen molar-refractivity contribution in [3.63, 3.8) is 0 Å². The first-order chi connectivity index (χ1) is 18.9. The van der Waals surface area contributed by atoms with Crippen LogP contribution in [0.1, 0.15) is 48.7 Å². The number of amides is 2. The smallest absolute Gasteiger partial charge is 0.251 e. The molecule has 9 heteroatoms. The fourth-order valence-electron chi connectivity index (χ4n) is 5.09. The lowest BCUT2D eigenvalue weighted by atomic mass is 10.0. The second-order valence-corrected chi connectivity index (χ2v) is 10.4. The molecule has 2 aromatic heterocycles. The zero-order valence-corrected chi connectivity index (χ0v) is 22.3. The molecule has 1 saturated heterocycles. The number of rotatable bonds is 7. The van der Waals surface area contributed by atoms with Crippen LogP contribution < -0.4 is 10.6 Å². The lowest BCUT2D eigenvalue weighted by Crippen LogP contribution is -2.48. The Morgan fingerprint density at radius 2 is 1.67 bits per heavy atom. The molecule has 0 radical (unpaired) electrons. The van der Waals surface area contributed by atoms with Gasteiger partial charge in [-0.2, -0.15) is 4.98 Å². The van der Waals surface area contributed by atoms with Gasteiger partial charge in [0.05, 0.1) is 0 Å². The first-order valence-corrected chi connectivity index (χ1v) is 13.6. The molecule has 9 nitrogen and oxygen atoms in total. The molecule has 4 aromatic rings. The number of anilines is 2. The molecule has 1 saturated carbocycles. The van der Waals surface area contributed by atoms with Crippen molar-refractivity contribution in [3.8, 4) is 11.1 Å². The molecule has 39 heavy (non-hydrogen) atoms. The molecule has 0 bridgehead atoms. The van der Waals surface area contributed by atoms with Crippen LogP contribution in [0, 0.1) is 0 Å². The topological polar surface area (TPSA) is 94.9 Å². The van der Waals surface area contributed by atoms with E-state index in [-0.39, 0.29) is 17.9 Å². The van der Waals surface area contributed by atoms with Crippen LogP contribution >= 0.6 is 0 Å². The molecule has 2 amide bonds. The van der Waals surface area contributed by atoms with Crippen molar-refractivity contribution in [1.82, 2.24) is 29.7 Å². The summed E-state index contributed by atoms with van der Waals surface area (Å²) in [5.74, 6) is 0.613. The van der Waals surface area contributed by atoms with Crippen molar-refractivity contribution in [3.05, 3.63) is 78.0 Å². The van der Waals surface area contributed by atoms with E-state index in [0.29, 0.717) is 17.6 Å². The van der Waals surface area contributed by atoms with Gasteiger partial charge in [0.1, 0.15) is 0 Å². The Morgan fingerprint density at radius 3 is 2.33 bits per heavy atom. The third-order valence-corrected chi connectivity index (χ3v) is 7.69. The number of piperazine rings is 1. The third-order valence-electron chi connectivity index (χ3n) is 7.69. The van der Waals surface area contributed by atoms with Gasteiger partial charge in [-0.15, -0.1) is 5.10 Å². The highest BCUT2D eigenvalue weighted by molar-refractivity contribution is 5.95. The molecule has 3 heterocycles.